The molecule has 3 N–H and O–H groups in total. The van der Waals surface area contributed by atoms with E-state index in [1.165, 1.54) is 12.1 Å². The van der Waals surface area contributed by atoms with Gasteiger partial charge in [0.2, 0.25) is 0 Å². The van der Waals surface area contributed by atoms with E-state index in [4.69, 9.17) is 5.73 Å². The van der Waals surface area contributed by atoms with Gasteiger partial charge in [-0.15, -0.1) is 0 Å². The highest BCUT2D eigenvalue weighted by molar-refractivity contribution is 5.62. The van der Waals surface area contributed by atoms with E-state index in [9.17, 15) is 9.50 Å². The van der Waals surface area contributed by atoms with Crippen molar-refractivity contribution >= 4 is 11.4 Å². The Morgan fingerprint density at radius 3 is 2.35 bits per heavy atom. The number of benzene rings is 2. The van der Waals surface area contributed by atoms with Crippen LogP contribution in [0.15, 0.2) is 42.5 Å². The van der Waals surface area contributed by atoms with Gasteiger partial charge in [0.1, 0.15) is 11.9 Å². The van der Waals surface area contributed by atoms with Crippen molar-refractivity contribution in [2.75, 3.05) is 43.9 Å². The second-order valence-corrected chi connectivity index (χ2v) is 6.06. The van der Waals surface area contributed by atoms with E-state index in [0.717, 1.165) is 37.4 Å². The summed E-state index contributed by atoms with van der Waals surface area (Å²) in [5, 5.41) is 10.8. The highest BCUT2D eigenvalue weighted by Crippen LogP contribution is 2.33. The van der Waals surface area contributed by atoms with E-state index < -0.39 is 6.10 Å². The lowest BCUT2D eigenvalue weighted by atomic mass is 9.98. The minimum absolute atomic E-state index is 0.312. The lowest BCUT2D eigenvalue weighted by Gasteiger charge is -2.36. The Hall–Kier alpha value is -2.11. The van der Waals surface area contributed by atoms with Gasteiger partial charge in [-0.1, -0.05) is 12.1 Å². The number of nitrogens with two attached hydrogens (primary N) is 1. The van der Waals surface area contributed by atoms with Crippen LogP contribution < -0.4 is 10.6 Å². The number of hydrogen-bond donors (Lipinski definition) is 2. The zero-order valence-electron chi connectivity index (χ0n) is 13.2. The van der Waals surface area contributed by atoms with Crippen molar-refractivity contribution in [1.29, 1.82) is 0 Å². The molecule has 4 nitrogen and oxygen atoms in total. The molecule has 0 saturated carbocycles. The van der Waals surface area contributed by atoms with Gasteiger partial charge in [0, 0.05) is 43.1 Å². The first-order chi connectivity index (χ1) is 11.0. The van der Waals surface area contributed by atoms with Crippen LogP contribution in [-0.4, -0.2) is 43.2 Å². The topological polar surface area (TPSA) is 52.7 Å². The van der Waals surface area contributed by atoms with Crippen LogP contribution in [0.2, 0.25) is 0 Å². The summed E-state index contributed by atoms with van der Waals surface area (Å²) in [4.78, 5) is 4.55. The molecule has 122 valence electrons. The maximum absolute atomic E-state index is 13.1. The fraction of sp³-hybridized carbons (Fsp3) is 0.333. The van der Waals surface area contributed by atoms with Crippen LogP contribution >= 0.6 is 0 Å². The molecule has 0 radical (unpaired) electrons. The van der Waals surface area contributed by atoms with Crippen LogP contribution in [0.5, 0.6) is 0 Å². The third kappa shape index (κ3) is 3.46. The summed E-state index contributed by atoms with van der Waals surface area (Å²) in [5.41, 5.74) is 8.95. The Kier molecular flexibility index (Phi) is 4.50. The molecule has 2 aromatic carbocycles. The number of likely N-dealkylation sites (N-methyl/N-ethyl adjacent to an activating group) is 1. The number of aliphatic hydroxyl groups is 1. The standard InChI is InChI=1S/C18H22FN3O/c1-21-8-10-22(11-9-21)17-7-6-15(20)12-16(17)18(23)13-2-4-14(19)5-3-13/h2-7,12,18,23H,8-11,20H2,1H3. The molecule has 0 aliphatic carbocycles. The first-order valence-corrected chi connectivity index (χ1v) is 7.81. The van der Waals surface area contributed by atoms with Crippen LogP contribution in [0, 0.1) is 5.82 Å². The first-order valence-electron chi connectivity index (χ1n) is 7.81. The lowest BCUT2D eigenvalue weighted by molar-refractivity contribution is 0.220. The van der Waals surface area contributed by atoms with Crippen molar-refractivity contribution < 1.29 is 9.50 Å². The predicted molar refractivity (Wildman–Crippen MR) is 91.0 cm³/mol. The summed E-state index contributed by atoms with van der Waals surface area (Å²) in [5.74, 6) is -0.312. The van der Waals surface area contributed by atoms with Crippen molar-refractivity contribution in [1.82, 2.24) is 4.90 Å². The van der Waals surface area contributed by atoms with Crippen molar-refractivity contribution in [2.45, 2.75) is 6.10 Å². The molecule has 23 heavy (non-hydrogen) atoms. The van der Waals surface area contributed by atoms with E-state index in [1.54, 1.807) is 12.1 Å². The Balaban J connectivity index is 1.94. The zero-order valence-corrected chi connectivity index (χ0v) is 13.2. The average molecular weight is 315 g/mol. The number of piperazine rings is 1. The Morgan fingerprint density at radius 2 is 1.70 bits per heavy atom. The van der Waals surface area contributed by atoms with Crippen molar-refractivity contribution in [3.8, 4) is 0 Å². The van der Waals surface area contributed by atoms with Gasteiger partial charge in [-0.2, -0.15) is 0 Å². The number of rotatable bonds is 3. The zero-order chi connectivity index (χ0) is 16.4. The molecule has 2 aromatic rings. The molecule has 1 unspecified atom stereocenters. The van der Waals surface area contributed by atoms with E-state index >= 15 is 0 Å². The highest BCUT2D eigenvalue weighted by Gasteiger charge is 2.21. The molecule has 0 spiro atoms. The third-order valence-corrected chi connectivity index (χ3v) is 4.38. The van der Waals surface area contributed by atoms with Gasteiger partial charge in [-0.3, -0.25) is 0 Å². The van der Waals surface area contributed by atoms with E-state index in [0.29, 0.717) is 11.3 Å². The Morgan fingerprint density at radius 1 is 1.04 bits per heavy atom. The van der Waals surface area contributed by atoms with Crippen molar-refractivity contribution in [3.63, 3.8) is 0 Å². The first kappa shape index (κ1) is 15.8. The number of nitrogens with zero attached hydrogens (tertiary/aromatic N) is 2. The second kappa shape index (κ2) is 6.56. The molecule has 0 aromatic heterocycles. The van der Waals surface area contributed by atoms with Gasteiger partial charge in [0.15, 0.2) is 0 Å². The smallest absolute Gasteiger partial charge is 0.123 e. The van der Waals surface area contributed by atoms with Crippen LogP contribution in [0.1, 0.15) is 17.2 Å². The van der Waals surface area contributed by atoms with Crippen LogP contribution in [0.4, 0.5) is 15.8 Å². The molecule has 0 bridgehead atoms. The average Bonchev–Trinajstić information content (AvgIpc) is 2.56. The van der Waals surface area contributed by atoms with Crippen LogP contribution in [-0.2, 0) is 0 Å². The SMILES string of the molecule is CN1CCN(c2ccc(N)cc2C(O)c2ccc(F)cc2)CC1. The summed E-state index contributed by atoms with van der Waals surface area (Å²) >= 11 is 0. The fourth-order valence-electron chi connectivity index (χ4n) is 2.95. The van der Waals surface area contributed by atoms with Gasteiger partial charge < -0.3 is 20.6 Å². The molecule has 0 amide bonds. The second-order valence-electron chi connectivity index (χ2n) is 6.06. The minimum atomic E-state index is -0.825. The third-order valence-electron chi connectivity index (χ3n) is 4.38. The highest BCUT2D eigenvalue weighted by atomic mass is 19.1. The van der Waals surface area contributed by atoms with E-state index in [2.05, 4.69) is 16.8 Å². The van der Waals surface area contributed by atoms with Gasteiger partial charge >= 0.3 is 0 Å². The molecular weight excluding hydrogens is 293 g/mol. The van der Waals surface area contributed by atoms with Crippen LogP contribution in [0.3, 0.4) is 0 Å². The van der Waals surface area contributed by atoms with Crippen molar-refractivity contribution in [2.24, 2.45) is 0 Å². The van der Waals surface area contributed by atoms with Gasteiger partial charge in [0.25, 0.3) is 0 Å². The molecule has 1 atom stereocenters. The number of hydrogen-bond acceptors (Lipinski definition) is 4. The molecule has 1 fully saturated rings. The largest absolute Gasteiger partial charge is 0.399 e. The molecule has 1 aliphatic heterocycles. The van der Waals surface area contributed by atoms with E-state index in [1.807, 2.05) is 18.2 Å². The van der Waals surface area contributed by atoms with Gasteiger partial charge in [-0.05, 0) is 42.9 Å². The number of aliphatic hydroxyl groups excluding tert-OH is 1. The molecular formula is C18H22FN3O. The predicted octanol–water partition coefficient (Wildman–Crippen LogP) is 2.24. The summed E-state index contributed by atoms with van der Waals surface area (Å²) in [6.45, 7) is 3.78. The number of halogens is 1. The molecule has 1 saturated heterocycles. The molecule has 3 rings (SSSR count). The summed E-state index contributed by atoms with van der Waals surface area (Å²) in [6, 6.07) is 11.6. The monoisotopic (exact) mass is 315 g/mol. The Bertz CT molecular complexity index is 666. The van der Waals surface area contributed by atoms with Crippen molar-refractivity contribution in [3.05, 3.63) is 59.4 Å². The van der Waals surface area contributed by atoms with Gasteiger partial charge in [-0.25, -0.2) is 4.39 Å². The molecule has 5 heteroatoms. The quantitative estimate of drug-likeness (QED) is 0.853. The van der Waals surface area contributed by atoms with E-state index in [-0.39, 0.29) is 5.82 Å². The molecule has 1 heterocycles. The summed E-state index contributed by atoms with van der Waals surface area (Å²) in [6.07, 6.45) is -0.825. The summed E-state index contributed by atoms with van der Waals surface area (Å²) < 4.78 is 13.1. The summed E-state index contributed by atoms with van der Waals surface area (Å²) in [7, 11) is 2.11. The fourth-order valence-corrected chi connectivity index (χ4v) is 2.95. The Labute approximate surface area is 135 Å². The maximum Gasteiger partial charge on any atom is 0.123 e. The number of anilines is 2. The molecule has 1 aliphatic rings. The lowest BCUT2D eigenvalue weighted by Crippen LogP contribution is -2.44. The minimum Gasteiger partial charge on any atom is -0.399 e. The number of nitrogen functional groups attached to an aromatic ring is 1. The van der Waals surface area contributed by atoms with Crippen LogP contribution in [0.25, 0.3) is 0 Å². The normalized spacial score (nSPS) is 17.3. The van der Waals surface area contributed by atoms with Gasteiger partial charge in [0.05, 0.1) is 0 Å². The maximum atomic E-state index is 13.1.